The molecule has 0 unspecified atom stereocenters. The van der Waals surface area contributed by atoms with Gasteiger partial charge >= 0.3 is 0 Å². The van der Waals surface area contributed by atoms with E-state index in [1.54, 1.807) is 6.20 Å². The molecule has 0 N–H and O–H groups in total. The van der Waals surface area contributed by atoms with E-state index in [4.69, 9.17) is 0 Å². The van der Waals surface area contributed by atoms with E-state index in [1.165, 1.54) is 5.56 Å². The minimum Gasteiger partial charge on any atom is -0.307 e. The zero-order valence-corrected chi connectivity index (χ0v) is 14.2. The lowest BCUT2D eigenvalue weighted by Gasteiger charge is -2.29. The Bertz CT molecular complexity index is 716. The standard InChI is InChI=1S/C20H24N2O/c1-20(2,3)14-15-7-4-8-16(13-15)19(23)22-12-6-9-17-18(22)10-5-11-21-17/h4-5,7-8,10-11,13H,6,9,12,14H2,1-3H3. The van der Waals surface area contributed by atoms with Crippen LogP contribution >= 0.6 is 0 Å². The van der Waals surface area contributed by atoms with Gasteiger partial charge in [-0.2, -0.15) is 0 Å². The van der Waals surface area contributed by atoms with Crippen molar-refractivity contribution in [2.45, 2.75) is 40.0 Å². The summed E-state index contributed by atoms with van der Waals surface area (Å²) in [5.74, 6) is 0.0784. The molecule has 0 radical (unpaired) electrons. The molecule has 2 heterocycles. The number of fused-ring (bicyclic) bond motifs is 1. The Morgan fingerprint density at radius 3 is 2.83 bits per heavy atom. The Hall–Kier alpha value is -2.16. The minimum atomic E-state index is 0.0784. The molecule has 0 spiro atoms. The van der Waals surface area contributed by atoms with Crippen LogP contribution in [-0.2, 0) is 12.8 Å². The summed E-state index contributed by atoms with van der Waals surface area (Å²) in [6.07, 6.45) is 4.68. The average Bonchev–Trinajstić information content (AvgIpc) is 2.52. The first-order chi connectivity index (χ1) is 10.9. The maximum atomic E-state index is 13.0. The molecule has 1 aromatic carbocycles. The van der Waals surface area contributed by atoms with E-state index in [9.17, 15) is 4.79 Å². The van der Waals surface area contributed by atoms with E-state index >= 15 is 0 Å². The number of nitrogens with zero attached hydrogens (tertiary/aromatic N) is 2. The Morgan fingerprint density at radius 2 is 2.04 bits per heavy atom. The van der Waals surface area contributed by atoms with Gasteiger partial charge in [0.15, 0.2) is 0 Å². The maximum Gasteiger partial charge on any atom is 0.258 e. The van der Waals surface area contributed by atoms with Crippen LogP contribution in [0.3, 0.4) is 0 Å². The van der Waals surface area contributed by atoms with Crippen LogP contribution in [-0.4, -0.2) is 17.4 Å². The molecule has 0 atom stereocenters. The van der Waals surface area contributed by atoms with E-state index in [-0.39, 0.29) is 11.3 Å². The summed E-state index contributed by atoms with van der Waals surface area (Å²) < 4.78 is 0. The Balaban J connectivity index is 1.88. The molecule has 1 amide bonds. The summed E-state index contributed by atoms with van der Waals surface area (Å²) in [5.41, 5.74) is 4.18. The van der Waals surface area contributed by atoms with Crippen LogP contribution in [0.15, 0.2) is 42.6 Å². The number of carbonyl (C=O) groups excluding carboxylic acids is 1. The lowest BCUT2D eigenvalue weighted by Crippen LogP contribution is -2.35. The Morgan fingerprint density at radius 1 is 1.22 bits per heavy atom. The molecule has 0 fully saturated rings. The highest BCUT2D eigenvalue weighted by molar-refractivity contribution is 6.06. The van der Waals surface area contributed by atoms with E-state index in [2.05, 4.69) is 31.8 Å². The van der Waals surface area contributed by atoms with Gasteiger partial charge in [-0.15, -0.1) is 0 Å². The van der Waals surface area contributed by atoms with Gasteiger partial charge in [0, 0.05) is 18.3 Å². The number of aromatic nitrogens is 1. The maximum absolute atomic E-state index is 13.0. The number of aryl methyl sites for hydroxylation is 1. The number of hydrogen-bond acceptors (Lipinski definition) is 2. The third-order valence-electron chi connectivity index (χ3n) is 4.11. The number of hydrogen-bond donors (Lipinski definition) is 0. The zero-order chi connectivity index (χ0) is 16.4. The van der Waals surface area contributed by atoms with Gasteiger partial charge in [-0.05, 0) is 54.5 Å². The van der Waals surface area contributed by atoms with E-state index < -0.39 is 0 Å². The van der Waals surface area contributed by atoms with Crippen LogP contribution in [0.5, 0.6) is 0 Å². The summed E-state index contributed by atoms with van der Waals surface area (Å²) in [6, 6.07) is 12.0. The van der Waals surface area contributed by atoms with Crippen LogP contribution in [0.1, 0.15) is 48.8 Å². The molecular weight excluding hydrogens is 284 g/mol. The number of rotatable bonds is 2. The number of amides is 1. The van der Waals surface area contributed by atoms with Gasteiger partial charge in [-0.3, -0.25) is 9.78 Å². The molecule has 0 bridgehead atoms. The first kappa shape index (κ1) is 15.7. The van der Waals surface area contributed by atoms with Crippen LogP contribution in [0, 0.1) is 5.41 Å². The molecule has 120 valence electrons. The highest BCUT2D eigenvalue weighted by Gasteiger charge is 2.24. The van der Waals surface area contributed by atoms with Crippen molar-refractivity contribution in [2.75, 3.05) is 11.4 Å². The van der Waals surface area contributed by atoms with E-state index in [0.717, 1.165) is 42.8 Å². The second kappa shape index (κ2) is 6.15. The van der Waals surface area contributed by atoms with E-state index in [0.29, 0.717) is 0 Å². The normalized spacial score (nSPS) is 14.5. The van der Waals surface area contributed by atoms with Crippen molar-refractivity contribution in [2.24, 2.45) is 5.41 Å². The van der Waals surface area contributed by atoms with Crippen molar-refractivity contribution >= 4 is 11.6 Å². The van der Waals surface area contributed by atoms with Gasteiger partial charge in [-0.25, -0.2) is 0 Å². The third-order valence-corrected chi connectivity index (χ3v) is 4.11. The van der Waals surface area contributed by atoms with Gasteiger partial charge in [0.2, 0.25) is 0 Å². The number of anilines is 1. The summed E-state index contributed by atoms with van der Waals surface area (Å²) in [4.78, 5) is 19.3. The van der Waals surface area contributed by atoms with Gasteiger partial charge in [-0.1, -0.05) is 32.9 Å². The average molecular weight is 308 g/mol. The smallest absolute Gasteiger partial charge is 0.258 e. The summed E-state index contributed by atoms with van der Waals surface area (Å²) >= 11 is 0. The fraction of sp³-hybridized carbons (Fsp3) is 0.400. The molecule has 1 aromatic heterocycles. The lowest BCUT2D eigenvalue weighted by molar-refractivity contribution is 0.0984. The van der Waals surface area contributed by atoms with Crippen LogP contribution in [0.4, 0.5) is 5.69 Å². The summed E-state index contributed by atoms with van der Waals surface area (Å²) in [5, 5.41) is 0. The predicted octanol–water partition coefficient (Wildman–Crippen LogP) is 4.26. The molecule has 1 aliphatic rings. The summed E-state index contributed by atoms with van der Waals surface area (Å²) in [7, 11) is 0. The van der Waals surface area contributed by atoms with Crippen molar-refractivity contribution in [3.63, 3.8) is 0 Å². The van der Waals surface area contributed by atoms with Crippen LogP contribution in [0.25, 0.3) is 0 Å². The molecule has 0 saturated heterocycles. The molecule has 3 nitrogen and oxygen atoms in total. The van der Waals surface area contributed by atoms with Gasteiger partial charge in [0.05, 0.1) is 11.4 Å². The SMILES string of the molecule is CC(C)(C)Cc1cccc(C(=O)N2CCCc3ncccc32)c1. The third kappa shape index (κ3) is 3.61. The largest absolute Gasteiger partial charge is 0.307 e. The highest BCUT2D eigenvalue weighted by Crippen LogP contribution is 2.27. The fourth-order valence-electron chi connectivity index (χ4n) is 3.19. The molecule has 1 aliphatic heterocycles. The molecule has 0 saturated carbocycles. The molecular formula is C20H24N2O. The minimum absolute atomic E-state index is 0.0784. The van der Waals surface area contributed by atoms with Crippen LogP contribution < -0.4 is 4.90 Å². The zero-order valence-electron chi connectivity index (χ0n) is 14.2. The van der Waals surface area contributed by atoms with E-state index in [1.807, 2.05) is 35.2 Å². The second-order valence-electron chi connectivity index (χ2n) is 7.47. The molecule has 0 aliphatic carbocycles. The number of benzene rings is 1. The fourth-order valence-corrected chi connectivity index (χ4v) is 3.19. The quantitative estimate of drug-likeness (QED) is 0.830. The first-order valence-corrected chi connectivity index (χ1v) is 8.29. The topological polar surface area (TPSA) is 33.2 Å². The van der Waals surface area contributed by atoms with Crippen molar-refractivity contribution in [1.29, 1.82) is 0 Å². The van der Waals surface area contributed by atoms with Crippen molar-refractivity contribution in [3.8, 4) is 0 Å². The second-order valence-corrected chi connectivity index (χ2v) is 7.47. The van der Waals surface area contributed by atoms with Gasteiger partial charge in [0.1, 0.15) is 0 Å². The summed E-state index contributed by atoms with van der Waals surface area (Å²) in [6.45, 7) is 7.41. The molecule has 2 aromatic rings. The first-order valence-electron chi connectivity index (χ1n) is 8.29. The highest BCUT2D eigenvalue weighted by atomic mass is 16.2. The Kier molecular flexibility index (Phi) is 4.20. The van der Waals surface area contributed by atoms with Gasteiger partial charge < -0.3 is 4.90 Å². The lowest BCUT2D eigenvalue weighted by atomic mass is 9.87. The molecule has 23 heavy (non-hydrogen) atoms. The monoisotopic (exact) mass is 308 g/mol. The predicted molar refractivity (Wildman–Crippen MR) is 93.8 cm³/mol. The number of carbonyl (C=O) groups is 1. The van der Waals surface area contributed by atoms with Gasteiger partial charge in [0.25, 0.3) is 5.91 Å². The molecule has 3 heteroatoms. The number of pyridine rings is 1. The van der Waals surface area contributed by atoms with Crippen molar-refractivity contribution in [3.05, 3.63) is 59.4 Å². The molecule has 3 rings (SSSR count). The van der Waals surface area contributed by atoms with Crippen molar-refractivity contribution in [1.82, 2.24) is 4.98 Å². The van der Waals surface area contributed by atoms with Crippen molar-refractivity contribution < 1.29 is 4.79 Å². The Labute approximate surface area is 138 Å². The van der Waals surface area contributed by atoms with Crippen LogP contribution in [0.2, 0.25) is 0 Å².